The Morgan fingerprint density at radius 2 is 1.94 bits per heavy atom. The number of amides is 2. The van der Waals surface area contributed by atoms with Crippen molar-refractivity contribution in [3.63, 3.8) is 0 Å². The fourth-order valence-electron chi connectivity index (χ4n) is 4.32. The van der Waals surface area contributed by atoms with Crippen LogP contribution in [0.1, 0.15) is 53.3 Å². The summed E-state index contributed by atoms with van der Waals surface area (Å²) in [6.45, 7) is -0.0115. The molecule has 2 heterocycles. The van der Waals surface area contributed by atoms with E-state index in [2.05, 4.69) is 20.5 Å². The molecule has 0 saturated heterocycles. The number of anilines is 1. The Morgan fingerprint density at radius 1 is 1.14 bits per heavy atom. The van der Waals surface area contributed by atoms with Crippen LogP contribution in [0.3, 0.4) is 0 Å². The van der Waals surface area contributed by atoms with Crippen LogP contribution >= 0.6 is 0 Å². The molecule has 1 aliphatic heterocycles. The second-order valence-electron chi connectivity index (χ2n) is 9.49. The average molecular weight is 488 g/mol. The van der Waals surface area contributed by atoms with Gasteiger partial charge in [0.25, 0.3) is 11.8 Å². The van der Waals surface area contributed by atoms with Gasteiger partial charge in [-0.3, -0.25) is 19.5 Å². The number of aryl methyl sites for hydroxylation is 1. The van der Waals surface area contributed by atoms with E-state index in [1.54, 1.807) is 7.05 Å². The van der Waals surface area contributed by atoms with Crippen LogP contribution in [0.4, 0.5) is 5.69 Å². The topological polar surface area (TPSA) is 117 Å². The molecule has 186 valence electrons. The number of Topliss-reactive ketones (excluding diaryl/α,β-unsaturated/α-hetero) is 1. The van der Waals surface area contributed by atoms with Gasteiger partial charge in [-0.25, -0.2) is 4.98 Å². The van der Waals surface area contributed by atoms with Crippen molar-refractivity contribution in [2.75, 3.05) is 18.6 Å². The number of benzene rings is 2. The van der Waals surface area contributed by atoms with Crippen LogP contribution in [-0.4, -0.2) is 52.5 Å². The number of ether oxygens (including phenoxy) is 1. The number of fused-ring (bicyclic) bond motifs is 1. The molecule has 9 nitrogen and oxygen atoms in total. The van der Waals surface area contributed by atoms with Crippen LogP contribution in [0.2, 0.25) is 0 Å². The second-order valence-corrected chi connectivity index (χ2v) is 9.49. The van der Waals surface area contributed by atoms with Gasteiger partial charge in [0.05, 0.1) is 5.69 Å². The summed E-state index contributed by atoms with van der Waals surface area (Å²) in [5.74, 6) is 1.10. The summed E-state index contributed by atoms with van der Waals surface area (Å²) >= 11 is 0. The molecule has 5 rings (SSSR count). The van der Waals surface area contributed by atoms with Gasteiger partial charge < -0.3 is 15.0 Å². The summed E-state index contributed by atoms with van der Waals surface area (Å²) in [7, 11) is 1.65. The number of hydrogen-bond acceptors (Lipinski definition) is 6. The number of hydrogen-bond donors (Lipinski definition) is 2. The maximum absolute atomic E-state index is 13.2. The highest BCUT2D eigenvalue weighted by atomic mass is 16.5. The molecule has 1 aromatic heterocycles. The molecular formula is C27H29N5O4. The Bertz CT molecular complexity index is 1270. The van der Waals surface area contributed by atoms with E-state index in [-0.39, 0.29) is 24.1 Å². The van der Waals surface area contributed by atoms with E-state index in [9.17, 15) is 14.4 Å². The SMILES string of the molecule is CN1C(=O)[C@H](NC(=O)c2n[nH]c(Cc3ccccc3)n2)COc2ccc(CCC(=O)CC3CC3)cc21. The molecule has 2 N–H and O–H groups in total. The fourth-order valence-corrected chi connectivity index (χ4v) is 4.32. The lowest BCUT2D eigenvalue weighted by Crippen LogP contribution is -2.49. The highest BCUT2D eigenvalue weighted by Crippen LogP contribution is 2.34. The lowest BCUT2D eigenvalue weighted by atomic mass is 10.0. The Morgan fingerprint density at radius 3 is 2.72 bits per heavy atom. The molecule has 1 saturated carbocycles. The lowest BCUT2D eigenvalue weighted by molar-refractivity contribution is -0.120. The Labute approximate surface area is 209 Å². The Hall–Kier alpha value is -4.01. The number of carbonyl (C=O) groups excluding carboxylic acids is 3. The van der Waals surface area contributed by atoms with Gasteiger partial charge in [-0.2, -0.15) is 0 Å². The van der Waals surface area contributed by atoms with Crippen molar-refractivity contribution in [1.29, 1.82) is 0 Å². The molecule has 2 amide bonds. The first kappa shape index (κ1) is 23.7. The van der Waals surface area contributed by atoms with Crippen molar-refractivity contribution < 1.29 is 19.1 Å². The van der Waals surface area contributed by atoms with Crippen molar-refractivity contribution in [3.8, 4) is 5.75 Å². The first-order valence-corrected chi connectivity index (χ1v) is 12.3. The predicted octanol–water partition coefficient (Wildman–Crippen LogP) is 2.85. The molecule has 0 unspecified atom stereocenters. The maximum atomic E-state index is 13.2. The monoisotopic (exact) mass is 487 g/mol. The van der Waals surface area contributed by atoms with Crippen molar-refractivity contribution in [1.82, 2.24) is 20.5 Å². The van der Waals surface area contributed by atoms with E-state index in [1.807, 2.05) is 48.5 Å². The standard InChI is InChI=1S/C27H29N5O4/c1-32-22-14-19(9-11-20(33)13-18-7-8-18)10-12-23(22)36-16-21(27(32)35)28-26(34)25-29-24(30-31-25)15-17-5-3-2-4-6-17/h2-6,10,12,14,18,21H,7-9,11,13,15-16H2,1H3,(H,28,34)(H,29,30,31)/t21-/m1/s1. The molecule has 9 heteroatoms. The molecule has 3 aromatic rings. The summed E-state index contributed by atoms with van der Waals surface area (Å²) in [4.78, 5) is 43.8. The first-order chi connectivity index (χ1) is 17.5. The molecule has 2 aromatic carbocycles. The summed E-state index contributed by atoms with van der Waals surface area (Å²) in [6.07, 6.45) is 4.63. The molecule has 2 aliphatic rings. The zero-order valence-corrected chi connectivity index (χ0v) is 20.2. The number of ketones is 1. The Balaban J connectivity index is 1.21. The summed E-state index contributed by atoms with van der Waals surface area (Å²) in [6, 6.07) is 14.5. The van der Waals surface area contributed by atoms with Gasteiger partial charge >= 0.3 is 0 Å². The van der Waals surface area contributed by atoms with E-state index in [0.717, 1.165) is 24.0 Å². The predicted molar refractivity (Wildman–Crippen MR) is 133 cm³/mol. The molecule has 0 bridgehead atoms. The van der Waals surface area contributed by atoms with Gasteiger partial charge in [0.15, 0.2) is 0 Å². The van der Waals surface area contributed by atoms with Crippen LogP contribution in [-0.2, 0) is 22.4 Å². The molecule has 1 atom stereocenters. The second kappa shape index (κ2) is 10.3. The van der Waals surface area contributed by atoms with E-state index < -0.39 is 11.9 Å². The number of rotatable bonds is 9. The van der Waals surface area contributed by atoms with E-state index in [0.29, 0.717) is 48.9 Å². The molecule has 0 spiro atoms. The number of nitrogens with one attached hydrogen (secondary N) is 2. The van der Waals surface area contributed by atoms with E-state index >= 15 is 0 Å². The molecule has 0 radical (unpaired) electrons. The fraction of sp³-hybridized carbons (Fsp3) is 0.370. The zero-order valence-electron chi connectivity index (χ0n) is 20.2. The minimum absolute atomic E-state index is 0.0115. The quantitative estimate of drug-likeness (QED) is 0.479. The third-order valence-corrected chi connectivity index (χ3v) is 6.58. The third-order valence-electron chi connectivity index (χ3n) is 6.58. The number of aromatic nitrogens is 3. The van der Waals surface area contributed by atoms with E-state index in [1.165, 1.54) is 4.90 Å². The molecular weight excluding hydrogens is 458 g/mol. The molecule has 1 fully saturated rings. The third kappa shape index (κ3) is 5.62. The number of likely N-dealkylation sites (N-methyl/N-ethyl adjacent to an activating group) is 1. The minimum Gasteiger partial charge on any atom is -0.489 e. The van der Waals surface area contributed by atoms with Gasteiger partial charge in [0.2, 0.25) is 5.82 Å². The van der Waals surface area contributed by atoms with Crippen molar-refractivity contribution >= 4 is 23.3 Å². The van der Waals surface area contributed by atoms with E-state index in [4.69, 9.17) is 4.74 Å². The minimum atomic E-state index is -0.894. The lowest BCUT2D eigenvalue weighted by Gasteiger charge is -2.20. The number of carbonyl (C=O) groups is 3. The number of aromatic amines is 1. The average Bonchev–Trinajstić information content (AvgIpc) is 3.60. The van der Waals surface area contributed by atoms with Gasteiger partial charge in [-0.1, -0.05) is 36.4 Å². The highest BCUT2D eigenvalue weighted by Gasteiger charge is 2.32. The maximum Gasteiger partial charge on any atom is 0.291 e. The van der Waals surface area contributed by atoms with Crippen LogP contribution in [0.5, 0.6) is 5.75 Å². The van der Waals surface area contributed by atoms with Gasteiger partial charge in [0.1, 0.15) is 30.0 Å². The van der Waals surface area contributed by atoms with Crippen molar-refractivity contribution in [2.24, 2.45) is 5.92 Å². The largest absolute Gasteiger partial charge is 0.489 e. The van der Waals surface area contributed by atoms with Gasteiger partial charge in [-0.15, -0.1) is 5.10 Å². The number of H-pyrrole nitrogens is 1. The molecule has 36 heavy (non-hydrogen) atoms. The van der Waals surface area contributed by atoms with Crippen LogP contribution in [0.25, 0.3) is 0 Å². The van der Waals surface area contributed by atoms with Crippen LogP contribution in [0, 0.1) is 5.92 Å². The van der Waals surface area contributed by atoms with Crippen molar-refractivity contribution in [3.05, 3.63) is 71.3 Å². The molecule has 1 aliphatic carbocycles. The number of nitrogens with zero attached hydrogens (tertiary/aromatic N) is 3. The summed E-state index contributed by atoms with van der Waals surface area (Å²) < 4.78 is 5.87. The van der Waals surface area contributed by atoms with Gasteiger partial charge in [0, 0.05) is 26.3 Å². The smallest absolute Gasteiger partial charge is 0.291 e. The van der Waals surface area contributed by atoms with Crippen LogP contribution in [0.15, 0.2) is 48.5 Å². The first-order valence-electron chi connectivity index (χ1n) is 12.3. The normalized spacial score (nSPS) is 17.2. The van der Waals surface area contributed by atoms with Gasteiger partial charge in [-0.05, 0) is 48.4 Å². The Kier molecular flexibility index (Phi) is 6.79. The zero-order chi connectivity index (χ0) is 25.1. The highest BCUT2D eigenvalue weighted by molar-refractivity contribution is 6.02. The summed E-state index contributed by atoms with van der Waals surface area (Å²) in [5.41, 5.74) is 2.63. The summed E-state index contributed by atoms with van der Waals surface area (Å²) in [5, 5.41) is 9.50. The van der Waals surface area contributed by atoms with Crippen LogP contribution < -0.4 is 15.0 Å². The van der Waals surface area contributed by atoms with Crippen molar-refractivity contribution in [2.45, 2.75) is 44.6 Å².